The van der Waals surface area contributed by atoms with E-state index in [0.717, 1.165) is 28.1 Å². The van der Waals surface area contributed by atoms with E-state index < -0.39 is 0 Å². The molecule has 1 N–H and O–H groups in total. The Bertz CT molecular complexity index is 1180. The predicted octanol–water partition coefficient (Wildman–Crippen LogP) is 4.26. The van der Waals surface area contributed by atoms with Crippen LogP contribution in [0.3, 0.4) is 0 Å². The van der Waals surface area contributed by atoms with Gasteiger partial charge in [0.1, 0.15) is 6.10 Å². The molecule has 7 heteroatoms. The molecule has 0 bridgehead atoms. The van der Waals surface area contributed by atoms with Gasteiger partial charge in [0.05, 0.1) is 25.2 Å². The van der Waals surface area contributed by atoms with Gasteiger partial charge < -0.3 is 19.5 Å². The van der Waals surface area contributed by atoms with E-state index in [1.54, 1.807) is 6.33 Å². The molecule has 1 saturated heterocycles. The molecule has 3 heterocycles. The summed E-state index contributed by atoms with van der Waals surface area (Å²) in [6.07, 6.45) is 2.98. The second-order valence-corrected chi connectivity index (χ2v) is 9.33. The van der Waals surface area contributed by atoms with Crippen molar-refractivity contribution in [2.75, 3.05) is 18.4 Å². The van der Waals surface area contributed by atoms with E-state index in [2.05, 4.69) is 28.5 Å². The Balaban J connectivity index is 1.19. The van der Waals surface area contributed by atoms with E-state index >= 15 is 0 Å². The number of aromatic nitrogens is 2. The smallest absolute Gasteiger partial charge is 0.274 e. The van der Waals surface area contributed by atoms with Crippen LogP contribution in [0.4, 0.5) is 5.69 Å². The minimum atomic E-state index is -0.101. The van der Waals surface area contributed by atoms with Crippen LogP contribution in [-0.4, -0.2) is 39.4 Å². The van der Waals surface area contributed by atoms with Gasteiger partial charge in [0, 0.05) is 24.7 Å². The number of carbonyl (C=O) groups is 2. The summed E-state index contributed by atoms with van der Waals surface area (Å²) in [5.74, 6) is -0.156. The number of aryl methyl sites for hydroxylation is 2. The highest BCUT2D eigenvalue weighted by molar-refractivity contribution is 5.95. The number of amides is 2. The Labute approximate surface area is 199 Å². The summed E-state index contributed by atoms with van der Waals surface area (Å²) in [6.45, 7) is 6.13. The monoisotopic (exact) mass is 458 g/mol. The van der Waals surface area contributed by atoms with E-state index in [1.165, 1.54) is 0 Å². The largest absolute Gasteiger partial charge is 0.365 e. The second kappa shape index (κ2) is 9.43. The van der Waals surface area contributed by atoms with Gasteiger partial charge in [-0.15, -0.1) is 0 Å². The van der Waals surface area contributed by atoms with Crippen molar-refractivity contribution in [1.29, 1.82) is 0 Å². The van der Waals surface area contributed by atoms with Crippen molar-refractivity contribution in [3.63, 3.8) is 0 Å². The van der Waals surface area contributed by atoms with E-state index in [4.69, 9.17) is 4.74 Å². The van der Waals surface area contributed by atoms with Gasteiger partial charge in [0.2, 0.25) is 5.91 Å². The van der Waals surface area contributed by atoms with Gasteiger partial charge in [-0.25, -0.2) is 4.98 Å². The minimum Gasteiger partial charge on any atom is -0.365 e. The fourth-order valence-electron chi connectivity index (χ4n) is 4.96. The van der Waals surface area contributed by atoms with Gasteiger partial charge in [0.15, 0.2) is 5.69 Å². The Morgan fingerprint density at radius 2 is 1.74 bits per heavy atom. The maximum absolute atomic E-state index is 13.2. The van der Waals surface area contributed by atoms with Crippen molar-refractivity contribution < 1.29 is 14.3 Å². The van der Waals surface area contributed by atoms with Crippen LogP contribution in [-0.2, 0) is 22.7 Å². The van der Waals surface area contributed by atoms with Gasteiger partial charge >= 0.3 is 0 Å². The summed E-state index contributed by atoms with van der Waals surface area (Å²) in [5, 5.41) is 3.05. The van der Waals surface area contributed by atoms with Crippen molar-refractivity contribution >= 4 is 17.5 Å². The number of rotatable bonds is 4. The molecule has 176 valence electrons. The lowest BCUT2D eigenvalue weighted by molar-refractivity contribution is -0.121. The Hall–Kier alpha value is -3.45. The highest BCUT2D eigenvalue weighted by atomic mass is 16.5. The van der Waals surface area contributed by atoms with Crippen LogP contribution >= 0.6 is 0 Å². The summed E-state index contributed by atoms with van der Waals surface area (Å²) >= 11 is 0. The van der Waals surface area contributed by atoms with E-state index in [0.29, 0.717) is 44.8 Å². The third-order valence-electron chi connectivity index (χ3n) is 6.75. The zero-order valence-electron chi connectivity index (χ0n) is 19.7. The van der Waals surface area contributed by atoms with Gasteiger partial charge in [-0.2, -0.15) is 0 Å². The normalized spacial score (nSPS) is 18.4. The molecule has 0 radical (unpaired) electrons. The Kier molecular flexibility index (Phi) is 6.20. The molecule has 5 rings (SSSR count). The zero-order chi connectivity index (χ0) is 23.7. The van der Waals surface area contributed by atoms with E-state index in [-0.39, 0.29) is 23.8 Å². The molecule has 2 aromatic carbocycles. The number of fused-ring (bicyclic) bond motifs is 1. The van der Waals surface area contributed by atoms with Crippen LogP contribution in [0.15, 0.2) is 54.9 Å². The number of likely N-dealkylation sites (tertiary alicyclic amines) is 1. The summed E-state index contributed by atoms with van der Waals surface area (Å²) < 4.78 is 8.09. The lowest BCUT2D eigenvalue weighted by Gasteiger charge is -2.31. The van der Waals surface area contributed by atoms with Crippen LogP contribution in [0.1, 0.15) is 51.8 Å². The zero-order valence-corrected chi connectivity index (χ0v) is 19.7. The lowest BCUT2D eigenvalue weighted by atomic mass is 9.95. The number of nitrogens with one attached hydrogen (secondary N) is 1. The SMILES string of the molecule is Cc1cc(C)cc(NC(=O)C2CCN(C(=O)c3ncn4c3CO[C@@H](c3ccccc3)C4)CC2)c1. The molecule has 0 aliphatic carbocycles. The van der Waals surface area contributed by atoms with E-state index in [9.17, 15) is 9.59 Å². The number of piperidine rings is 1. The van der Waals surface area contributed by atoms with Crippen molar-refractivity contribution in [3.8, 4) is 0 Å². The van der Waals surface area contributed by atoms with Crippen molar-refractivity contribution in [1.82, 2.24) is 14.5 Å². The number of anilines is 1. The summed E-state index contributed by atoms with van der Waals surface area (Å²) in [4.78, 5) is 32.3. The molecule has 34 heavy (non-hydrogen) atoms. The molecule has 2 aliphatic rings. The quantitative estimate of drug-likeness (QED) is 0.634. The number of nitrogens with zero attached hydrogens (tertiary/aromatic N) is 3. The molecule has 1 aromatic heterocycles. The van der Waals surface area contributed by atoms with Gasteiger partial charge in [-0.3, -0.25) is 9.59 Å². The summed E-state index contributed by atoms with van der Waals surface area (Å²) in [7, 11) is 0. The van der Waals surface area contributed by atoms with Crippen molar-refractivity contribution in [3.05, 3.63) is 82.9 Å². The maximum atomic E-state index is 13.2. The molecular formula is C27H30N4O3. The number of hydrogen-bond acceptors (Lipinski definition) is 4. The molecule has 0 saturated carbocycles. The fourth-order valence-corrected chi connectivity index (χ4v) is 4.96. The van der Waals surface area contributed by atoms with Crippen LogP contribution in [0.25, 0.3) is 0 Å². The topological polar surface area (TPSA) is 76.5 Å². The molecule has 1 fully saturated rings. The molecule has 1 atom stereocenters. The summed E-state index contributed by atoms with van der Waals surface area (Å²) in [5.41, 5.74) is 5.49. The Morgan fingerprint density at radius 1 is 1.03 bits per heavy atom. The summed E-state index contributed by atoms with van der Waals surface area (Å²) in [6, 6.07) is 16.2. The van der Waals surface area contributed by atoms with Crippen LogP contribution < -0.4 is 5.32 Å². The number of imidazole rings is 1. The predicted molar refractivity (Wildman–Crippen MR) is 129 cm³/mol. The first-order chi connectivity index (χ1) is 16.5. The highest BCUT2D eigenvalue weighted by Gasteiger charge is 2.32. The van der Waals surface area contributed by atoms with Crippen LogP contribution in [0, 0.1) is 19.8 Å². The molecular weight excluding hydrogens is 428 g/mol. The third-order valence-corrected chi connectivity index (χ3v) is 6.75. The van der Waals surface area contributed by atoms with Crippen molar-refractivity contribution in [2.45, 2.75) is 45.9 Å². The third kappa shape index (κ3) is 4.61. The van der Waals surface area contributed by atoms with Gasteiger partial charge in [0.25, 0.3) is 5.91 Å². The van der Waals surface area contributed by atoms with Gasteiger partial charge in [-0.1, -0.05) is 36.4 Å². The second-order valence-electron chi connectivity index (χ2n) is 9.33. The molecule has 3 aromatic rings. The number of carbonyl (C=O) groups excluding carboxylic acids is 2. The van der Waals surface area contributed by atoms with E-state index in [1.807, 2.05) is 53.6 Å². The molecule has 0 unspecified atom stereocenters. The average molecular weight is 459 g/mol. The molecule has 2 aliphatic heterocycles. The minimum absolute atomic E-state index is 0.0248. The molecule has 2 amide bonds. The molecule has 0 spiro atoms. The first-order valence-corrected chi connectivity index (χ1v) is 11.9. The number of hydrogen-bond donors (Lipinski definition) is 1. The molecule has 7 nitrogen and oxygen atoms in total. The van der Waals surface area contributed by atoms with Gasteiger partial charge in [-0.05, 0) is 55.5 Å². The van der Waals surface area contributed by atoms with Crippen molar-refractivity contribution in [2.24, 2.45) is 5.92 Å². The average Bonchev–Trinajstić information content (AvgIpc) is 3.27. The first kappa shape index (κ1) is 22.3. The number of ether oxygens (including phenoxy) is 1. The highest BCUT2D eigenvalue weighted by Crippen LogP contribution is 2.29. The number of benzene rings is 2. The lowest BCUT2D eigenvalue weighted by Crippen LogP contribution is -2.42. The first-order valence-electron chi connectivity index (χ1n) is 11.9. The fraction of sp³-hybridized carbons (Fsp3) is 0.370. The maximum Gasteiger partial charge on any atom is 0.274 e. The Morgan fingerprint density at radius 3 is 2.44 bits per heavy atom. The van der Waals surface area contributed by atoms with Crippen LogP contribution in [0.5, 0.6) is 0 Å². The standard InChI is InChI=1S/C27H30N4O3/c1-18-12-19(2)14-22(13-18)29-26(32)21-8-10-30(11-9-21)27(33)25-23-16-34-24(15-31(23)17-28-25)20-6-4-3-5-7-20/h3-7,12-14,17,21,24H,8-11,15-16H2,1-2H3,(H,29,32)/t24-/m1/s1. The van der Waals surface area contributed by atoms with Crippen LogP contribution in [0.2, 0.25) is 0 Å².